The summed E-state index contributed by atoms with van der Waals surface area (Å²) in [6.45, 7) is 4.14. The lowest BCUT2D eigenvalue weighted by atomic mass is 10.1. The molecule has 0 fully saturated rings. The van der Waals surface area contributed by atoms with Crippen LogP contribution in [0.1, 0.15) is 82.4 Å². The lowest BCUT2D eigenvalue weighted by molar-refractivity contribution is -0.145. The summed E-state index contributed by atoms with van der Waals surface area (Å²) in [7, 11) is 0. The molecule has 0 aliphatic heterocycles. The molecule has 130 valence electrons. The molecule has 0 saturated carbocycles. The SMILES string of the molecule is CCCCCCCCCCCC(=O)OCc1cnc(C)c(O)c1. The Morgan fingerprint density at radius 3 is 2.30 bits per heavy atom. The minimum Gasteiger partial charge on any atom is -0.506 e. The summed E-state index contributed by atoms with van der Waals surface area (Å²) in [6.07, 6.45) is 13.2. The predicted molar refractivity (Wildman–Crippen MR) is 92.3 cm³/mol. The number of ether oxygens (including phenoxy) is 1. The fraction of sp³-hybridized carbons (Fsp3) is 0.684. The van der Waals surface area contributed by atoms with Gasteiger partial charge in [0.25, 0.3) is 0 Å². The van der Waals surface area contributed by atoms with Gasteiger partial charge in [0.05, 0.1) is 5.69 Å². The van der Waals surface area contributed by atoms with Gasteiger partial charge in [0.1, 0.15) is 12.4 Å². The molecule has 0 aliphatic carbocycles. The number of hydrogen-bond donors (Lipinski definition) is 1. The fourth-order valence-corrected chi connectivity index (χ4v) is 2.46. The van der Waals surface area contributed by atoms with Crippen molar-refractivity contribution in [2.45, 2.75) is 84.7 Å². The molecule has 0 atom stereocenters. The van der Waals surface area contributed by atoms with E-state index in [0.29, 0.717) is 17.7 Å². The Hall–Kier alpha value is -1.58. The molecule has 0 aromatic carbocycles. The summed E-state index contributed by atoms with van der Waals surface area (Å²) in [4.78, 5) is 15.7. The van der Waals surface area contributed by atoms with Gasteiger partial charge < -0.3 is 9.84 Å². The van der Waals surface area contributed by atoms with Crippen LogP contribution in [-0.4, -0.2) is 16.1 Å². The normalized spacial score (nSPS) is 10.7. The van der Waals surface area contributed by atoms with Gasteiger partial charge in [0, 0.05) is 18.2 Å². The van der Waals surface area contributed by atoms with Crippen molar-refractivity contribution in [3.63, 3.8) is 0 Å². The van der Waals surface area contributed by atoms with Crippen molar-refractivity contribution in [1.82, 2.24) is 4.98 Å². The van der Waals surface area contributed by atoms with Gasteiger partial charge in [-0.25, -0.2) is 0 Å². The molecule has 23 heavy (non-hydrogen) atoms. The van der Waals surface area contributed by atoms with Gasteiger partial charge in [0.2, 0.25) is 0 Å². The molecule has 0 bridgehead atoms. The van der Waals surface area contributed by atoms with Crippen LogP contribution in [0.25, 0.3) is 0 Å². The molecule has 1 heterocycles. The van der Waals surface area contributed by atoms with Crippen molar-refractivity contribution >= 4 is 5.97 Å². The second-order valence-electron chi connectivity index (χ2n) is 6.19. The Kier molecular flexibility index (Phi) is 10.1. The largest absolute Gasteiger partial charge is 0.506 e. The molecule has 1 aromatic rings. The second-order valence-corrected chi connectivity index (χ2v) is 6.19. The van der Waals surface area contributed by atoms with Crippen LogP contribution < -0.4 is 0 Å². The van der Waals surface area contributed by atoms with E-state index in [4.69, 9.17) is 4.74 Å². The zero-order valence-electron chi connectivity index (χ0n) is 14.6. The highest BCUT2D eigenvalue weighted by molar-refractivity contribution is 5.69. The van der Waals surface area contributed by atoms with E-state index >= 15 is 0 Å². The third-order valence-corrected chi connectivity index (χ3v) is 4.00. The van der Waals surface area contributed by atoms with Crippen LogP contribution in [0.2, 0.25) is 0 Å². The lowest BCUT2D eigenvalue weighted by Crippen LogP contribution is -2.04. The number of aromatic hydroxyl groups is 1. The molecule has 0 saturated heterocycles. The zero-order chi connectivity index (χ0) is 16.9. The van der Waals surface area contributed by atoms with Gasteiger partial charge in [-0.05, 0) is 19.4 Å². The van der Waals surface area contributed by atoms with E-state index in [1.165, 1.54) is 44.9 Å². The molecular formula is C19H31NO3. The number of carbonyl (C=O) groups is 1. The summed E-state index contributed by atoms with van der Waals surface area (Å²) in [6, 6.07) is 1.59. The topological polar surface area (TPSA) is 59.4 Å². The van der Waals surface area contributed by atoms with Crippen LogP contribution in [-0.2, 0) is 16.1 Å². The molecule has 4 nitrogen and oxygen atoms in total. The van der Waals surface area contributed by atoms with Crippen LogP contribution >= 0.6 is 0 Å². The first-order valence-corrected chi connectivity index (χ1v) is 8.93. The average Bonchev–Trinajstić information content (AvgIpc) is 2.54. The Labute approximate surface area is 140 Å². The molecule has 0 unspecified atom stereocenters. The van der Waals surface area contributed by atoms with Crippen molar-refractivity contribution in [1.29, 1.82) is 0 Å². The molecule has 1 aromatic heterocycles. The maximum Gasteiger partial charge on any atom is 0.306 e. The van der Waals surface area contributed by atoms with Crippen molar-refractivity contribution in [3.05, 3.63) is 23.5 Å². The van der Waals surface area contributed by atoms with E-state index in [9.17, 15) is 9.90 Å². The second kappa shape index (κ2) is 11.9. The summed E-state index contributed by atoms with van der Waals surface area (Å²) in [5, 5.41) is 9.55. The lowest BCUT2D eigenvalue weighted by Gasteiger charge is -2.06. The number of aryl methyl sites for hydroxylation is 1. The number of rotatable bonds is 12. The number of hydrogen-bond acceptors (Lipinski definition) is 4. The minimum atomic E-state index is -0.173. The summed E-state index contributed by atoms with van der Waals surface area (Å²) in [5.41, 5.74) is 1.29. The van der Waals surface area contributed by atoms with Crippen LogP contribution in [0, 0.1) is 6.92 Å². The highest BCUT2D eigenvalue weighted by Crippen LogP contribution is 2.15. The first-order chi connectivity index (χ1) is 11.1. The summed E-state index contributed by atoms with van der Waals surface area (Å²) >= 11 is 0. The Bertz CT molecular complexity index is 460. The van der Waals surface area contributed by atoms with Crippen molar-refractivity contribution < 1.29 is 14.6 Å². The number of unbranched alkanes of at least 4 members (excludes halogenated alkanes) is 8. The monoisotopic (exact) mass is 321 g/mol. The molecule has 0 aliphatic rings. The first-order valence-electron chi connectivity index (χ1n) is 8.93. The van der Waals surface area contributed by atoms with Crippen LogP contribution in [0.4, 0.5) is 0 Å². The predicted octanol–water partition coefficient (Wildman–Crippen LogP) is 5.06. The molecular weight excluding hydrogens is 290 g/mol. The molecule has 1 N–H and O–H groups in total. The van der Waals surface area contributed by atoms with E-state index in [0.717, 1.165) is 12.8 Å². The number of carbonyl (C=O) groups excluding carboxylic acids is 1. The standard InChI is InChI=1S/C19H31NO3/c1-3-4-5-6-7-8-9-10-11-12-19(22)23-15-17-13-18(21)16(2)20-14-17/h13-14,21H,3-12,15H2,1-2H3. The van der Waals surface area contributed by atoms with E-state index in [1.54, 1.807) is 19.2 Å². The average molecular weight is 321 g/mol. The molecule has 4 heteroatoms. The highest BCUT2D eigenvalue weighted by Gasteiger charge is 2.05. The third kappa shape index (κ3) is 9.22. The van der Waals surface area contributed by atoms with Crippen molar-refractivity contribution in [2.24, 2.45) is 0 Å². The Morgan fingerprint density at radius 2 is 1.70 bits per heavy atom. The minimum absolute atomic E-state index is 0.137. The fourth-order valence-electron chi connectivity index (χ4n) is 2.46. The maximum absolute atomic E-state index is 11.7. The number of pyridine rings is 1. The van der Waals surface area contributed by atoms with E-state index in [1.807, 2.05) is 0 Å². The highest BCUT2D eigenvalue weighted by atomic mass is 16.5. The molecule has 0 radical (unpaired) electrons. The molecule has 0 spiro atoms. The quantitative estimate of drug-likeness (QED) is 0.432. The zero-order valence-corrected chi connectivity index (χ0v) is 14.6. The van der Waals surface area contributed by atoms with Crippen LogP contribution in [0.3, 0.4) is 0 Å². The van der Waals surface area contributed by atoms with Gasteiger partial charge in [0.15, 0.2) is 0 Å². The Morgan fingerprint density at radius 1 is 1.09 bits per heavy atom. The summed E-state index contributed by atoms with van der Waals surface area (Å²) in [5.74, 6) is -0.0366. The number of nitrogens with zero attached hydrogens (tertiary/aromatic N) is 1. The number of aromatic nitrogens is 1. The Balaban J connectivity index is 2.01. The first kappa shape index (κ1) is 19.5. The van der Waals surface area contributed by atoms with Gasteiger partial charge in [-0.15, -0.1) is 0 Å². The van der Waals surface area contributed by atoms with Crippen LogP contribution in [0.15, 0.2) is 12.3 Å². The van der Waals surface area contributed by atoms with E-state index in [2.05, 4.69) is 11.9 Å². The molecule has 1 rings (SSSR count). The number of esters is 1. The van der Waals surface area contributed by atoms with Gasteiger partial charge in [-0.2, -0.15) is 0 Å². The van der Waals surface area contributed by atoms with E-state index in [-0.39, 0.29) is 18.3 Å². The van der Waals surface area contributed by atoms with Gasteiger partial charge >= 0.3 is 5.97 Å². The van der Waals surface area contributed by atoms with Gasteiger partial charge in [-0.1, -0.05) is 58.3 Å². The van der Waals surface area contributed by atoms with E-state index < -0.39 is 0 Å². The van der Waals surface area contributed by atoms with Crippen LogP contribution in [0.5, 0.6) is 5.75 Å². The maximum atomic E-state index is 11.7. The van der Waals surface area contributed by atoms with Crippen molar-refractivity contribution in [2.75, 3.05) is 0 Å². The van der Waals surface area contributed by atoms with Gasteiger partial charge in [-0.3, -0.25) is 9.78 Å². The summed E-state index contributed by atoms with van der Waals surface area (Å²) < 4.78 is 5.20. The van der Waals surface area contributed by atoms with Crippen molar-refractivity contribution in [3.8, 4) is 5.75 Å². The third-order valence-electron chi connectivity index (χ3n) is 4.00. The molecule has 0 amide bonds. The smallest absolute Gasteiger partial charge is 0.306 e.